The highest BCUT2D eigenvalue weighted by atomic mass is 35.5. The van der Waals surface area contributed by atoms with Gasteiger partial charge in [-0.05, 0) is 143 Å². The van der Waals surface area contributed by atoms with Crippen LogP contribution in [-0.2, 0) is 43.9 Å². The van der Waals surface area contributed by atoms with Gasteiger partial charge in [0.05, 0.1) is 0 Å². The van der Waals surface area contributed by atoms with Crippen molar-refractivity contribution in [3.8, 4) is 0 Å². The van der Waals surface area contributed by atoms with Crippen LogP contribution in [0.2, 0.25) is 0 Å². The summed E-state index contributed by atoms with van der Waals surface area (Å²) in [4.78, 5) is 10.2. The molecule has 3 aromatic carbocycles. The van der Waals surface area contributed by atoms with Crippen molar-refractivity contribution in [2.24, 2.45) is 0 Å². The Hall–Kier alpha value is -2.15. The third kappa shape index (κ3) is 20.4. The number of hydrogen-bond acceptors (Lipinski definition) is 8. The van der Waals surface area contributed by atoms with Crippen LogP contribution in [0.1, 0.15) is 76.0 Å². The molecule has 3 aliphatic rings. The van der Waals surface area contributed by atoms with Crippen LogP contribution in [0, 0.1) is 0 Å². The molecule has 0 spiro atoms. The fourth-order valence-electron chi connectivity index (χ4n) is 7.10. The lowest BCUT2D eigenvalue weighted by Crippen LogP contribution is -2.29. The van der Waals surface area contributed by atoms with E-state index in [1.165, 1.54) is 72.3 Å². The summed E-state index contributed by atoms with van der Waals surface area (Å²) in [6, 6.07) is 24.4. The molecule has 0 aromatic heterocycles. The fraction of sp³-hybridized carbons (Fsp3) is 0.467. The van der Waals surface area contributed by atoms with E-state index < -0.39 is 43.9 Å². The topological polar surface area (TPSA) is 153 Å². The summed E-state index contributed by atoms with van der Waals surface area (Å²) in [5, 5.41) is 0. The molecule has 10 nitrogen and oxygen atoms in total. The molecule has 0 bridgehead atoms. The van der Waals surface area contributed by atoms with Crippen molar-refractivity contribution < 1.29 is 31.2 Å². The van der Waals surface area contributed by atoms with Gasteiger partial charge in [0.15, 0.2) is 14.7 Å². The highest BCUT2D eigenvalue weighted by Crippen LogP contribution is 2.27. The molecule has 60 heavy (non-hydrogen) atoms. The van der Waals surface area contributed by atoms with Crippen LogP contribution < -0.4 is 0 Å². The zero-order valence-corrected chi connectivity index (χ0v) is 40.2. The quantitative estimate of drug-likeness (QED) is 0.134. The molecule has 6 rings (SSSR count). The van der Waals surface area contributed by atoms with Gasteiger partial charge >= 0.3 is 10.4 Å². The van der Waals surface area contributed by atoms with Crippen LogP contribution in [0.3, 0.4) is 0 Å². The maximum absolute atomic E-state index is 11.5. The number of nitrogens with zero attached hydrogens (tertiary/aromatic N) is 3. The molecule has 0 fully saturated rings. The third-order valence-corrected chi connectivity index (χ3v) is 12.9. The van der Waals surface area contributed by atoms with Gasteiger partial charge in [0, 0.05) is 57.5 Å². The Labute approximate surface area is 376 Å². The molecular formula is C45H66ClN3O7S4. The van der Waals surface area contributed by atoms with Gasteiger partial charge in [0.2, 0.25) is 0 Å². The molecule has 0 saturated heterocycles. The number of benzene rings is 3. The summed E-state index contributed by atoms with van der Waals surface area (Å²) >= 11 is -2.67. The van der Waals surface area contributed by atoms with Crippen LogP contribution in [0.4, 0.5) is 0 Å². The third-order valence-electron chi connectivity index (χ3n) is 10.1. The first kappa shape index (κ1) is 54.0. The lowest BCUT2D eigenvalue weighted by atomic mass is 9.99. The van der Waals surface area contributed by atoms with Crippen LogP contribution >= 0.6 is 12.4 Å². The molecule has 0 aliphatic carbocycles. The number of halogens is 1. The first-order valence-electron chi connectivity index (χ1n) is 20.4. The normalized spacial score (nSPS) is 17.6. The molecule has 3 aliphatic heterocycles. The minimum atomic E-state index is -4.67. The van der Waals surface area contributed by atoms with Crippen LogP contribution in [0.15, 0.2) is 106 Å². The van der Waals surface area contributed by atoms with Crippen molar-refractivity contribution in [1.82, 2.24) is 14.7 Å². The Morgan fingerprint density at radius 1 is 0.533 bits per heavy atom. The van der Waals surface area contributed by atoms with E-state index in [0.29, 0.717) is 0 Å². The Bertz CT molecular complexity index is 1720. The van der Waals surface area contributed by atoms with Gasteiger partial charge in [-0.15, -0.1) is 12.4 Å². The van der Waals surface area contributed by atoms with E-state index >= 15 is 0 Å². The van der Waals surface area contributed by atoms with Gasteiger partial charge < -0.3 is 13.7 Å². The van der Waals surface area contributed by atoms with Crippen molar-refractivity contribution in [3.63, 3.8) is 0 Å². The van der Waals surface area contributed by atoms with Crippen LogP contribution in [0.25, 0.3) is 16.7 Å². The van der Waals surface area contributed by atoms with Crippen molar-refractivity contribution in [2.75, 3.05) is 77.7 Å². The van der Waals surface area contributed by atoms with Gasteiger partial charge in [-0.3, -0.25) is 23.8 Å². The fourth-order valence-corrected chi connectivity index (χ4v) is 8.79. The second-order valence-corrected chi connectivity index (χ2v) is 19.8. The van der Waals surface area contributed by atoms with Gasteiger partial charge in [0.25, 0.3) is 0 Å². The van der Waals surface area contributed by atoms with E-state index in [-0.39, 0.29) is 12.4 Å². The smallest absolute Gasteiger partial charge is 0.394 e. The van der Waals surface area contributed by atoms with E-state index in [0.717, 1.165) is 73.2 Å². The monoisotopic (exact) mass is 923 g/mol. The van der Waals surface area contributed by atoms with E-state index in [9.17, 15) is 13.7 Å². The van der Waals surface area contributed by atoms with Gasteiger partial charge in [-0.1, -0.05) is 75.4 Å². The van der Waals surface area contributed by atoms with Gasteiger partial charge in [-0.25, -0.2) is 0 Å². The first-order chi connectivity index (χ1) is 28.1. The number of rotatable bonds is 12. The van der Waals surface area contributed by atoms with E-state index in [1.54, 1.807) is 18.8 Å². The highest BCUT2D eigenvalue weighted by molar-refractivity contribution is 7.91. The lowest BCUT2D eigenvalue weighted by molar-refractivity contribution is 0.302. The molecule has 2 N–H and O–H groups in total. The van der Waals surface area contributed by atoms with Gasteiger partial charge in [0.1, 0.15) is 18.8 Å². The molecule has 15 heteroatoms. The summed E-state index contributed by atoms with van der Waals surface area (Å²) in [6.07, 6.45) is 19.1. The lowest BCUT2D eigenvalue weighted by Gasteiger charge is -2.26. The van der Waals surface area contributed by atoms with Crippen LogP contribution in [0.5, 0.6) is 0 Å². The summed E-state index contributed by atoms with van der Waals surface area (Å²) in [5.74, 6) is 0. The molecule has 0 amide bonds. The molecule has 3 heterocycles. The molecule has 3 unspecified atom stereocenters. The standard InChI is InChI=1S/3C15H21NOS.ClH.H2O4S/c3*1-3-9-16-10-7-13(8-11-16)14-5-4-6-15(12-14)18(2)17;;1-5(2,3)4/h3*4-7,12H,3,8-11H2,1-2H3;1H;(H2,1,2,3,4). The van der Waals surface area contributed by atoms with Crippen molar-refractivity contribution in [1.29, 1.82) is 0 Å². The Morgan fingerprint density at radius 2 is 0.783 bits per heavy atom. The minimum Gasteiger partial charge on any atom is -0.612 e. The molecule has 3 atom stereocenters. The predicted molar refractivity (Wildman–Crippen MR) is 256 cm³/mol. The predicted octanol–water partition coefficient (Wildman–Crippen LogP) is 8.54. The average molecular weight is 925 g/mol. The molecule has 0 saturated carbocycles. The van der Waals surface area contributed by atoms with Crippen molar-refractivity contribution in [3.05, 3.63) is 108 Å². The second kappa shape index (κ2) is 28.5. The Balaban J connectivity index is 0.000000291. The second-order valence-electron chi connectivity index (χ2n) is 14.7. The maximum atomic E-state index is 11.5. The summed E-state index contributed by atoms with van der Waals surface area (Å²) in [7, 11) is -4.67. The van der Waals surface area contributed by atoms with E-state index in [4.69, 9.17) is 17.5 Å². The first-order valence-corrected chi connectivity index (χ1v) is 26.4. The van der Waals surface area contributed by atoms with E-state index in [1.807, 2.05) is 36.4 Å². The highest BCUT2D eigenvalue weighted by Gasteiger charge is 2.16. The van der Waals surface area contributed by atoms with Gasteiger partial charge in [-0.2, -0.15) is 8.42 Å². The van der Waals surface area contributed by atoms with Crippen molar-refractivity contribution in [2.45, 2.75) is 74.0 Å². The molecule has 3 aromatic rings. The summed E-state index contributed by atoms with van der Waals surface area (Å²) in [5.41, 5.74) is 7.90. The zero-order chi connectivity index (χ0) is 43.4. The van der Waals surface area contributed by atoms with Crippen LogP contribution in [-0.4, -0.2) is 124 Å². The maximum Gasteiger partial charge on any atom is 0.394 e. The minimum absolute atomic E-state index is 0. The number of hydrogen-bond donors (Lipinski definition) is 2. The Morgan fingerprint density at radius 3 is 0.967 bits per heavy atom. The zero-order valence-electron chi connectivity index (χ0n) is 36.1. The molecule has 334 valence electrons. The summed E-state index contributed by atoms with van der Waals surface area (Å²) in [6.45, 7) is 16.8. The van der Waals surface area contributed by atoms with Crippen molar-refractivity contribution >= 4 is 73.1 Å². The Kier molecular flexibility index (Phi) is 25.7. The largest absolute Gasteiger partial charge is 0.612 e. The van der Waals surface area contributed by atoms with E-state index in [2.05, 4.69) is 90.1 Å². The SMILES string of the molecule is CCCN1CC=C(c2cccc([S+](C)[O-])c2)CC1.CCCN1CC=C(c2cccc([S+](C)[O-])c2)CC1.CCCN1CC=C(c2cccc([S+](C)[O-])c2)CC1.Cl.O=S(=O)(O)O. The molecule has 0 radical (unpaired) electrons. The average Bonchev–Trinajstić information content (AvgIpc) is 3.22. The summed E-state index contributed by atoms with van der Waals surface area (Å²) < 4.78 is 66.1. The molecular weight excluding hydrogens is 858 g/mol.